The zero-order valence-electron chi connectivity index (χ0n) is 21.9. The number of imide groups is 1. The van der Waals surface area contributed by atoms with E-state index < -0.39 is 23.2 Å². The Kier molecular flexibility index (Phi) is 8.63. The number of nitrogens with zero attached hydrogens (tertiary/aromatic N) is 2. The van der Waals surface area contributed by atoms with E-state index in [2.05, 4.69) is 15.5 Å². The van der Waals surface area contributed by atoms with E-state index in [1.807, 2.05) is 25.7 Å². The van der Waals surface area contributed by atoms with Gasteiger partial charge in [0.25, 0.3) is 0 Å². The summed E-state index contributed by atoms with van der Waals surface area (Å²) >= 11 is 6.49. The van der Waals surface area contributed by atoms with Crippen molar-refractivity contribution < 1.29 is 23.5 Å². The third-order valence-corrected chi connectivity index (χ3v) is 7.81. The van der Waals surface area contributed by atoms with Crippen molar-refractivity contribution in [3.8, 4) is 0 Å². The average Bonchev–Trinajstić information content (AvgIpc) is 2.81. The molecule has 0 radical (unpaired) electrons. The normalized spacial score (nSPS) is 25.5. The van der Waals surface area contributed by atoms with Crippen molar-refractivity contribution in [3.05, 3.63) is 28.5 Å². The number of hydrogen-bond acceptors (Lipinski definition) is 6. The Morgan fingerprint density at radius 3 is 2.41 bits per heavy atom. The first kappa shape index (κ1) is 27.6. The molecule has 3 aliphatic rings. The fraction of sp³-hybridized carbons (Fsp3) is 0.667. The first-order valence-corrected chi connectivity index (χ1v) is 13.7. The minimum atomic E-state index is -0.611. The lowest BCUT2D eigenvalue weighted by Gasteiger charge is -2.39. The molecule has 2 saturated heterocycles. The number of piperazine rings is 1. The second-order valence-electron chi connectivity index (χ2n) is 11.5. The van der Waals surface area contributed by atoms with Gasteiger partial charge in [0.2, 0.25) is 11.8 Å². The van der Waals surface area contributed by atoms with Crippen LogP contribution in [0.1, 0.15) is 70.8 Å². The molecule has 1 saturated carbocycles. The van der Waals surface area contributed by atoms with E-state index in [9.17, 15) is 14.4 Å². The molecule has 3 amide bonds. The van der Waals surface area contributed by atoms with Crippen LogP contribution in [0.25, 0.3) is 0 Å². The van der Waals surface area contributed by atoms with Gasteiger partial charge in [0.1, 0.15) is 11.4 Å². The first-order valence-electron chi connectivity index (χ1n) is 13.3. The molecule has 10 heteroatoms. The summed E-state index contributed by atoms with van der Waals surface area (Å²) in [6.07, 6.45) is 4.24. The molecular weight excluding hydrogens is 499 g/mol. The van der Waals surface area contributed by atoms with Crippen LogP contribution >= 0.6 is 11.6 Å². The van der Waals surface area contributed by atoms with Crippen LogP contribution in [0.4, 0.5) is 14.9 Å². The summed E-state index contributed by atoms with van der Waals surface area (Å²) in [6.45, 7) is 9.66. The highest BCUT2D eigenvalue weighted by Crippen LogP contribution is 2.35. The number of piperidine rings is 1. The van der Waals surface area contributed by atoms with E-state index in [1.165, 1.54) is 6.07 Å². The van der Waals surface area contributed by atoms with Crippen LogP contribution < -0.4 is 15.5 Å². The molecule has 1 atom stereocenters. The van der Waals surface area contributed by atoms with Crippen LogP contribution in [0, 0.1) is 11.7 Å². The number of ether oxygens (including phenoxy) is 1. The number of benzene rings is 1. The Bertz CT molecular complexity index is 1010. The number of halogens is 2. The molecule has 37 heavy (non-hydrogen) atoms. The van der Waals surface area contributed by atoms with E-state index >= 15 is 4.39 Å². The number of anilines is 1. The van der Waals surface area contributed by atoms with E-state index in [1.54, 1.807) is 6.07 Å². The topological polar surface area (TPSA) is 91.0 Å². The van der Waals surface area contributed by atoms with Crippen molar-refractivity contribution in [2.45, 2.75) is 76.9 Å². The summed E-state index contributed by atoms with van der Waals surface area (Å²) in [5.74, 6) is -1.15. The van der Waals surface area contributed by atoms with Crippen LogP contribution in [-0.2, 0) is 14.3 Å². The van der Waals surface area contributed by atoms with Crippen LogP contribution in [-0.4, -0.2) is 67.2 Å². The van der Waals surface area contributed by atoms with Gasteiger partial charge in [-0.25, -0.2) is 9.18 Å². The number of nitrogens with one attached hydrogen (secondary N) is 2. The minimum Gasteiger partial charge on any atom is -0.444 e. The molecule has 8 nitrogen and oxygen atoms in total. The van der Waals surface area contributed by atoms with Crippen molar-refractivity contribution in [1.29, 1.82) is 0 Å². The molecule has 1 aromatic rings. The lowest BCUT2D eigenvalue weighted by atomic mass is 9.85. The van der Waals surface area contributed by atoms with Gasteiger partial charge in [-0.1, -0.05) is 11.6 Å². The number of rotatable bonds is 5. The van der Waals surface area contributed by atoms with E-state index in [-0.39, 0.29) is 24.5 Å². The number of hydrogen-bond donors (Lipinski definition) is 2. The minimum absolute atomic E-state index is 0.166. The van der Waals surface area contributed by atoms with Crippen molar-refractivity contribution in [3.63, 3.8) is 0 Å². The molecule has 0 aromatic heterocycles. The fourth-order valence-corrected chi connectivity index (χ4v) is 5.84. The van der Waals surface area contributed by atoms with E-state index in [4.69, 9.17) is 16.3 Å². The van der Waals surface area contributed by atoms with Gasteiger partial charge in [0.15, 0.2) is 0 Å². The average molecular weight is 537 g/mol. The number of alkyl carbamates (subject to hydrolysis) is 1. The number of amides is 3. The van der Waals surface area contributed by atoms with Crippen molar-refractivity contribution in [2.24, 2.45) is 5.92 Å². The maximum atomic E-state index is 15.1. The largest absolute Gasteiger partial charge is 0.444 e. The molecule has 2 N–H and O–H groups in total. The fourth-order valence-electron chi connectivity index (χ4n) is 5.55. The second-order valence-corrected chi connectivity index (χ2v) is 11.9. The molecule has 0 bridgehead atoms. The number of carbonyl (C=O) groups excluding carboxylic acids is 3. The summed E-state index contributed by atoms with van der Waals surface area (Å²) < 4.78 is 20.5. The lowest BCUT2D eigenvalue weighted by Crippen LogP contribution is -2.49. The monoisotopic (exact) mass is 536 g/mol. The predicted molar refractivity (Wildman–Crippen MR) is 140 cm³/mol. The Balaban J connectivity index is 1.24. The Morgan fingerprint density at radius 2 is 1.78 bits per heavy atom. The molecule has 2 aliphatic heterocycles. The van der Waals surface area contributed by atoms with Gasteiger partial charge in [0.05, 0.1) is 11.6 Å². The van der Waals surface area contributed by atoms with Crippen LogP contribution in [0.15, 0.2) is 12.1 Å². The Morgan fingerprint density at radius 1 is 1.11 bits per heavy atom. The van der Waals surface area contributed by atoms with Gasteiger partial charge in [0, 0.05) is 50.2 Å². The molecule has 1 aromatic carbocycles. The van der Waals surface area contributed by atoms with Gasteiger partial charge < -0.3 is 15.0 Å². The lowest BCUT2D eigenvalue weighted by molar-refractivity contribution is -0.134. The summed E-state index contributed by atoms with van der Waals surface area (Å²) in [4.78, 5) is 40.1. The van der Waals surface area contributed by atoms with Gasteiger partial charge in [-0.3, -0.25) is 19.8 Å². The number of carbonyl (C=O) groups is 3. The SMILES string of the molecule is CC(C)(C)OC(=O)NC1CCC(CN2CCN(c3cc(Cl)c(C4CCC(=O)NC4=O)cc3F)CC2)CC1. The van der Waals surface area contributed by atoms with Gasteiger partial charge in [-0.05, 0) is 76.5 Å². The highest BCUT2D eigenvalue weighted by atomic mass is 35.5. The summed E-state index contributed by atoms with van der Waals surface area (Å²) in [7, 11) is 0. The molecule has 204 valence electrons. The standard InChI is InChI=1S/C27H38ClFN4O4/c1-27(2,3)37-26(36)30-18-6-4-17(5-7-18)16-32-10-12-33(13-11-32)23-15-21(28)20(14-22(23)29)19-8-9-24(34)31-25(19)35/h14-15,17-19H,4-13,16H2,1-3H3,(H,30,36)(H,31,34,35). The van der Waals surface area contributed by atoms with Crippen molar-refractivity contribution in [1.82, 2.24) is 15.5 Å². The maximum absolute atomic E-state index is 15.1. The Hall–Kier alpha value is -2.39. The molecule has 4 rings (SSSR count). The quantitative estimate of drug-likeness (QED) is 0.548. The molecule has 2 heterocycles. The summed E-state index contributed by atoms with van der Waals surface area (Å²) in [5, 5.41) is 5.66. The predicted octanol–water partition coefficient (Wildman–Crippen LogP) is 4.20. The highest BCUT2D eigenvalue weighted by molar-refractivity contribution is 6.32. The third kappa shape index (κ3) is 7.35. The van der Waals surface area contributed by atoms with Crippen molar-refractivity contribution >= 4 is 35.2 Å². The summed E-state index contributed by atoms with van der Waals surface area (Å²) in [5.41, 5.74) is 0.394. The third-order valence-electron chi connectivity index (χ3n) is 7.48. The van der Waals surface area contributed by atoms with Gasteiger partial charge in [-0.2, -0.15) is 0 Å². The Labute approximate surface area is 223 Å². The van der Waals surface area contributed by atoms with Crippen LogP contribution in [0.3, 0.4) is 0 Å². The first-order chi connectivity index (χ1) is 17.5. The van der Waals surface area contributed by atoms with Crippen molar-refractivity contribution in [2.75, 3.05) is 37.6 Å². The smallest absolute Gasteiger partial charge is 0.407 e. The molecule has 1 unspecified atom stereocenters. The van der Waals surface area contributed by atoms with Gasteiger partial charge in [-0.15, -0.1) is 0 Å². The molecular formula is C27H38ClFN4O4. The van der Waals surface area contributed by atoms with E-state index in [0.717, 1.165) is 45.3 Å². The van der Waals surface area contributed by atoms with Crippen LogP contribution in [0.2, 0.25) is 5.02 Å². The van der Waals surface area contributed by atoms with Gasteiger partial charge >= 0.3 is 6.09 Å². The molecule has 3 fully saturated rings. The van der Waals surface area contributed by atoms with Crippen LogP contribution in [0.5, 0.6) is 0 Å². The maximum Gasteiger partial charge on any atom is 0.407 e. The zero-order valence-corrected chi connectivity index (χ0v) is 22.7. The summed E-state index contributed by atoms with van der Waals surface area (Å²) in [6, 6.07) is 3.14. The second kappa shape index (κ2) is 11.6. The molecule has 1 aliphatic carbocycles. The molecule has 0 spiro atoms. The van der Waals surface area contributed by atoms with E-state index in [0.29, 0.717) is 41.7 Å². The highest BCUT2D eigenvalue weighted by Gasteiger charge is 2.32. The zero-order chi connectivity index (χ0) is 26.7.